The van der Waals surface area contributed by atoms with Gasteiger partial charge in [-0.1, -0.05) is 24.3 Å². The third kappa shape index (κ3) is 3.05. The van der Waals surface area contributed by atoms with Crippen LogP contribution in [0.4, 0.5) is 0 Å². The average Bonchev–Trinajstić information content (AvgIpc) is 3.04. The highest BCUT2D eigenvalue weighted by molar-refractivity contribution is 7.18. The molecule has 24 heavy (non-hydrogen) atoms. The summed E-state index contributed by atoms with van der Waals surface area (Å²) in [7, 11) is 0. The van der Waals surface area contributed by atoms with E-state index in [0.717, 1.165) is 10.5 Å². The fraction of sp³-hybridized carbons (Fsp3) is 0.222. The Balaban J connectivity index is 1.32. The molecule has 1 aliphatic rings. The number of para-hydroxylation sites is 3. The number of carbonyl (C=O) groups is 1. The maximum Gasteiger partial charge on any atom is 0.264 e. The molecule has 122 valence electrons. The van der Waals surface area contributed by atoms with Gasteiger partial charge in [0.2, 0.25) is 6.10 Å². The minimum atomic E-state index is -0.615. The lowest BCUT2D eigenvalue weighted by molar-refractivity contribution is -0.130. The van der Waals surface area contributed by atoms with Gasteiger partial charge < -0.3 is 14.8 Å². The maximum atomic E-state index is 12.2. The van der Waals surface area contributed by atoms with E-state index in [1.165, 1.54) is 4.70 Å². The molecule has 1 unspecified atom stereocenters. The van der Waals surface area contributed by atoms with E-state index in [1.54, 1.807) is 17.4 Å². The van der Waals surface area contributed by atoms with Gasteiger partial charge in [-0.2, -0.15) is 0 Å². The van der Waals surface area contributed by atoms with Crippen LogP contribution in [0.5, 0.6) is 11.5 Å². The predicted molar refractivity (Wildman–Crippen MR) is 92.7 cm³/mol. The molecule has 1 N–H and O–H groups in total. The molecule has 0 aliphatic carbocycles. The van der Waals surface area contributed by atoms with Crippen molar-refractivity contribution in [2.75, 3.05) is 13.2 Å². The lowest BCUT2D eigenvalue weighted by Crippen LogP contribution is -2.44. The van der Waals surface area contributed by atoms with Gasteiger partial charge in [0.1, 0.15) is 6.61 Å². The van der Waals surface area contributed by atoms with Crippen molar-refractivity contribution < 1.29 is 14.3 Å². The first kappa shape index (κ1) is 15.0. The number of hydrogen-bond acceptors (Lipinski definition) is 5. The molecule has 0 saturated carbocycles. The average molecular weight is 340 g/mol. The Morgan fingerprint density at radius 1 is 1.17 bits per heavy atom. The van der Waals surface area contributed by atoms with Crippen LogP contribution in [-0.2, 0) is 11.2 Å². The molecule has 0 radical (unpaired) electrons. The highest BCUT2D eigenvalue weighted by Crippen LogP contribution is 2.30. The van der Waals surface area contributed by atoms with E-state index in [9.17, 15) is 4.79 Å². The fourth-order valence-electron chi connectivity index (χ4n) is 2.58. The number of aromatic nitrogens is 1. The fourth-order valence-corrected chi connectivity index (χ4v) is 3.55. The Morgan fingerprint density at radius 2 is 1.96 bits per heavy atom. The summed E-state index contributed by atoms with van der Waals surface area (Å²) in [5, 5.41) is 3.92. The van der Waals surface area contributed by atoms with Crippen LogP contribution < -0.4 is 14.8 Å². The highest BCUT2D eigenvalue weighted by Gasteiger charge is 2.26. The number of ether oxygens (including phenoxy) is 2. The van der Waals surface area contributed by atoms with Crippen molar-refractivity contribution >= 4 is 27.5 Å². The van der Waals surface area contributed by atoms with Crippen LogP contribution in [-0.4, -0.2) is 30.1 Å². The summed E-state index contributed by atoms with van der Waals surface area (Å²) >= 11 is 1.66. The van der Waals surface area contributed by atoms with Crippen molar-refractivity contribution in [3.63, 3.8) is 0 Å². The first-order valence-corrected chi connectivity index (χ1v) is 8.62. The topological polar surface area (TPSA) is 60.5 Å². The second-order valence-electron chi connectivity index (χ2n) is 5.48. The number of nitrogens with one attached hydrogen (secondary N) is 1. The zero-order valence-corrected chi connectivity index (χ0v) is 13.7. The number of carbonyl (C=O) groups excluding carboxylic acids is 1. The lowest BCUT2D eigenvalue weighted by Gasteiger charge is -2.25. The van der Waals surface area contributed by atoms with Gasteiger partial charge in [-0.3, -0.25) is 4.79 Å². The van der Waals surface area contributed by atoms with E-state index in [4.69, 9.17) is 9.47 Å². The zero-order chi connectivity index (χ0) is 16.4. The van der Waals surface area contributed by atoms with Gasteiger partial charge in [0, 0.05) is 13.0 Å². The first-order valence-electron chi connectivity index (χ1n) is 7.80. The summed E-state index contributed by atoms with van der Waals surface area (Å²) in [4.78, 5) is 16.8. The molecule has 2 aromatic carbocycles. The normalized spacial score (nSPS) is 16.1. The molecule has 0 saturated heterocycles. The predicted octanol–water partition coefficient (Wildman–Crippen LogP) is 2.80. The van der Waals surface area contributed by atoms with Gasteiger partial charge in [-0.05, 0) is 24.3 Å². The molecule has 4 rings (SSSR count). The molecule has 6 heteroatoms. The number of benzene rings is 2. The van der Waals surface area contributed by atoms with E-state index in [1.807, 2.05) is 36.4 Å². The van der Waals surface area contributed by atoms with Crippen LogP contribution in [0.15, 0.2) is 48.5 Å². The Kier molecular flexibility index (Phi) is 4.04. The summed E-state index contributed by atoms with van der Waals surface area (Å²) in [6.45, 7) is 0.754. The van der Waals surface area contributed by atoms with Gasteiger partial charge in [0.15, 0.2) is 11.5 Å². The third-order valence-electron chi connectivity index (χ3n) is 3.78. The van der Waals surface area contributed by atoms with Gasteiger partial charge in [0.05, 0.1) is 15.2 Å². The molecule has 0 spiro atoms. The quantitative estimate of drug-likeness (QED) is 0.793. The van der Waals surface area contributed by atoms with Crippen molar-refractivity contribution in [2.24, 2.45) is 0 Å². The largest absolute Gasteiger partial charge is 0.485 e. The molecule has 3 aromatic rings. The highest BCUT2D eigenvalue weighted by atomic mass is 32.1. The van der Waals surface area contributed by atoms with Gasteiger partial charge >= 0.3 is 0 Å². The van der Waals surface area contributed by atoms with E-state index >= 15 is 0 Å². The summed E-state index contributed by atoms with van der Waals surface area (Å²) < 4.78 is 12.4. The van der Waals surface area contributed by atoms with Crippen LogP contribution >= 0.6 is 11.3 Å². The van der Waals surface area contributed by atoms with Crippen LogP contribution in [0, 0.1) is 0 Å². The molecule has 1 amide bonds. The van der Waals surface area contributed by atoms with E-state index < -0.39 is 6.10 Å². The number of amides is 1. The van der Waals surface area contributed by atoms with Crippen LogP contribution in [0.1, 0.15) is 5.01 Å². The van der Waals surface area contributed by atoms with E-state index in [0.29, 0.717) is 24.5 Å². The molecule has 5 nitrogen and oxygen atoms in total. The zero-order valence-electron chi connectivity index (χ0n) is 12.9. The molecule has 1 aromatic heterocycles. The SMILES string of the molecule is O=C(NCCc1nc2ccccc2s1)C1COc2ccccc2O1. The minimum Gasteiger partial charge on any atom is -0.485 e. The lowest BCUT2D eigenvalue weighted by atomic mass is 10.2. The van der Waals surface area contributed by atoms with Crippen LogP contribution in [0.2, 0.25) is 0 Å². The van der Waals surface area contributed by atoms with Crippen molar-refractivity contribution in [3.05, 3.63) is 53.5 Å². The number of nitrogens with zero attached hydrogens (tertiary/aromatic N) is 1. The monoisotopic (exact) mass is 340 g/mol. The molecule has 0 bridgehead atoms. The second kappa shape index (κ2) is 6.49. The summed E-state index contributed by atoms with van der Waals surface area (Å²) in [6, 6.07) is 15.4. The molecular weight excluding hydrogens is 324 g/mol. The molecule has 2 heterocycles. The molecule has 1 atom stereocenters. The molecular formula is C18H16N2O3S. The number of fused-ring (bicyclic) bond motifs is 2. The van der Waals surface area contributed by atoms with Crippen LogP contribution in [0.3, 0.4) is 0 Å². The van der Waals surface area contributed by atoms with E-state index in [2.05, 4.69) is 16.4 Å². The number of hydrogen-bond donors (Lipinski definition) is 1. The Hall–Kier alpha value is -2.60. The van der Waals surface area contributed by atoms with Crippen LogP contribution in [0.25, 0.3) is 10.2 Å². The third-order valence-corrected chi connectivity index (χ3v) is 4.87. The summed E-state index contributed by atoms with van der Waals surface area (Å²) in [5.41, 5.74) is 1.00. The Labute approximate surface area is 143 Å². The number of thiazole rings is 1. The van der Waals surface area contributed by atoms with Crippen molar-refractivity contribution in [3.8, 4) is 11.5 Å². The van der Waals surface area contributed by atoms with E-state index in [-0.39, 0.29) is 12.5 Å². The Bertz CT molecular complexity index is 844. The second-order valence-corrected chi connectivity index (χ2v) is 6.60. The van der Waals surface area contributed by atoms with Gasteiger partial charge in [-0.15, -0.1) is 11.3 Å². The summed E-state index contributed by atoms with van der Waals surface area (Å²) in [6.07, 6.45) is 0.0881. The summed E-state index contributed by atoms with van der Waals surface area (Å²) in [5.74, 6) is 1.12. The molecule has 1 aliphatic heterocycles. The first-order chi connectivity index (χ1) is 11.8. The minimum absolute atomic E-state index is 0.161. The number of rotatable bonds is 4. The smallest absolute Gasteiger partial charge is 0.264 e. The standard InChI is InChI=1S/C18H16N2O3S/c21-18(15-11-22-13-6-2-3-7-14(13)23-15)19-10-9-17-20-12-5-1-4-8-16(12)24-17/h1-8,15H,9-11H2,(H,19,21). The van der Waals surface area contributed by atoms with Gasteiger partial charge in [-0.25, -0.2) is 4.98 Å². The molecule has 0 fully saturated rings. The van der Waals surface area contributed by atoms with Crippen molar-refractivity contribution in [1.82, 2.24) is 10.3 Å². The van der Waals surface area contributed by atoms with Crippen molar-refractivity contribution in [1.29, 1.82) is 0 Å². The van der Waals surface area contributed by atoms with Gasteiger partial charge in [0.25, 0.3) is 5.91 Å². The maximum absolute atomic E-state index is 12.2. The Morgan fingerprint density at radius 3 is 2.83 bits per heavy atom. The van der Waals surface area contributed by atoms with Crippen molar-refractivity contribution in [2.45, 2.75) is 12.5 Å².